The maximum atomic E-state index is 13.0. The normalized spacial score (nSPS) is 29.7. The van der Waals surface area contributed by atoms with Crippen molar-refractivity contribution < 1.29 is 4.79 Å². The number of carbonyl (C=O) groups is 1. The largest absolute Gasteiger partial charge is 0.298 e. The lowest BCUT2D eigenvalue weighted by Crippen LogP contribution is -2.60. The van der Waals surface area contributed by atoms with E-state index in [2.05, 4.69) is 59.5 Å². The number of hydrogen-bond acceptors (Lipinski definition) is 2. The Balaban J connectivity index is 1.48. The van der Waals surface area contributed by atoms with E-state index in [0.29, 0.717) is 11.7 Å². The Labute approximate surface area is 138 Å². The third kappa shape index (κ3) is 2.96. The van der Waals surface area contributed by atoms with Crippen molar-refractivity contribution in [1.29, 1.82) is 0 Å². The summed E-state index contributed by atoms with van der Waals surface area (Å²) in [5, 5.41) is 0. The molecular formula is C21H23NO. The van der Waals surface area contributed by atoms with E-state index in [1.807, 2.05) is 6.07 Å². The highest BCUT2D eigenvalue weighted by atomic mass is 16.1. The highest BCUT2D eigenvalue weighted by Gasteiger charge is 2.46. The Bertz CT molecular complexity index is 667. The van der Waals surface area contributed by atoms with Crippen molar-refractivity contribution in [1.82, 2.24) is 4.90 Å². The molecule has 2 aromatic rings. The summed E-state index contributed by atoms with van der Waals surface area (Å²) in [4.78, 5) is 15.4. The first-order valence-corrected chi connectivity index (χ1v) is 8.67. The van der Waals surface area contributed by atoms with Crippen LogP contribution in [-0.2, 0) is 17.6 Å². The minimum Gasteiger partial charge on any atom is -0.298 e. The van der Waals surface area contributed by atoms with Gasteiger partial charge < -0.3 is 0 Å². The molecule has 0 spiro atoms. The van der Waals surface area contributed by atoms with Gasteiger partial charge in [-0.15, -0.1) is 0 Å². The highest BCUT2D eigenvalue weighted by Crippen LogP contribution is 2.36. The summed E-state index contributed by atoms with van der Waals surface area (Å²) in [6, 6.07) is 21.2. The molecule has 3 fully saturated rings. The van der Waals surface area contributed by atoms with Crippen molar-refractivity contribution in [3.63, 3.8) is 0 Å². The van der Waals surface area contributed by atoms with Gasteiger partial charge in [0.2, 0.25) is 0 Å². The highest BCUT2D eigenvalue weighted by molar-refractivity contribution is 5.88. The number of fused-ring (bicyclic) bond motifs is 3. The zero-order valence-electron chi connectivity index (χ0n) is 13.4. The molecule has 5 rings (SSSR count). The Kier molecular flexibility index (Phi) is 4.00. The van der Waals surface area contributed by atoms with E-state index in [-0.39, 0.29) is 12.0 Å². The molecule has 0 aliphatic carbocycles. The van der Waals surface area contributed by atoms with Crippen LogP contribution in [0.4, 0.5) is 0 Å². The van der Waals surface area contributed by atoms with E-state index in [1.54, 1.807) is 0 Å². The van der Waals surface area contributed by atoms with Gasteiger partial charge in [-0.3, -0.25) is 9.69 Å². The van der Waals surface area contributed by atoms with Crippen molar-refractivity contribution in [2.45, 2.75) is 25.3 Å². The summed E-state index contributed by atoms with van der Waals surface area (Å²) in [5.74, 6) is 1.23. The monoisotopic (exact) mass is 305 g/mol. The van der Waals surface area contributed by atoms with Crippen molar-refractivity contribution in [2.75, 3.05) is 13.1 Å². The second-order valence-electron chi connectivity index (χ2n) is 6.95. The lowest BCUT2D eigenvalue weighted by atomic mass is 9.71. The topological polar surface area (TPSA) is 20.3 Å². The van der Waals surface area contributed by atoms with Gasteiger partial charge in [-0.05, 0) is 42.9 Å². The summed E-state index contributed by atoms with van der Waals surface area (Å²) >= 11 is 0. The molecule has 0 aromatic heterocycles. The van der Waals surface area contributed by atoms with Gasteiger partial charge in [0, 0.05) is 12.5 Å². The van der Waals surface area contributed by atoms with Crippen LogP contribution in [0, 0.1) is 11.8 Å². The zero-order chi connectivity index (χ0) is 15.6. The molecule has 3 aliphatic heterocycles. The Morgan fingerprint density at radius 3 is 2.09 bits per heavy atom. The third-order valence-electron chi connectivity index (χ3n) is 5.51. The summed E-state index contributed by atoms with van der Waals surface area (Å²) in [6.07, 6.45) is 2.95. The Morgan fingerprint density at radius 1 is 0.870 bits per heavy atom. The Morgan fingerprint density at radius 2 is 1.48 bits per heavy atom. The lowest BCUT2D eigenvalue weighted by Gasteiger charge is -2.48. The van der Waals surface area contributed by atoms with Crippen molar-refractivity contribution in [3.05, 3.63) is 71.8 Å². The third-order valence-corrected chi connectivity index (χ3v) is 5.51. The first-order chi connectivity index (χ1) is 11.3. The van der Waals surface area contributed by atoms with E-state index < -0.39 is 0 Å². The molecule has 4 unspecified atom stereocenters. The minimum atomic E-state index is 0.100. The van der Waals surface area contributed by atoms with E-state index in [1.165, 1.54) is 11.1 Å². The number of ketones is 1. The van der Waals surface area contributed by atoms with Crippen molar-refractivity contribution >= 4 is 5.78 Å². The van der Waals surface area contributed by atoms with Crippen LogP contribution in [0.15, 0.2) is 60.7 Å². The van der Waals surface area contributed by atoms with Gasteiger partial charge in [0.1, 0.15) is 0 Å². The van der Waals surface area contributed by atoms with Gasteiger partial charge in [0.15, 0.2) is 5.78 Å². The summed E-state index contributed by atoms with van der Waals surface area (Å²) in [6.45, 7) is 2.15. The fourth-order valence-corrected chi connectivity index (χ4v) is 4.34. The van der Waals surface area contributed by atoms with E-state index in [0.717, 1.165) is 32.4 Å². The molecule has 23 heavy (non-hydrogen) atoms. The van der Waals surface area contributed by atoms with Crippen LogP contribution in [0.1, 0.15) is 17.5 Å². The first kappa shape index (κ1) is 14.6. The van der Waals surface area contributed by atoms with Gasteiger partial charge in [-0.2, -0.15) is 0 Å². The van der Waals surface area contributed by atoms with Crippen LogP contribution in [0.2, 0.25) is 0 Å². The molecule has 0 radical (unpaired) electrons. The molecule has 2 heteroatoms. The number of nitrogens with zero attached hydrogens (tertiary/aromatic N) is 1. The van der Waals surface area contributed by atoms with E-state index in [4.69, 9.17) is 0 Å². The molecule has 3 heterocycles. The van der Waals surface area contributed by atoms with Crippen LogP contribution >= 0.6 is 0 Å². The van der Waals surface area contributed by atoms with E-state index in [9.17, 15) is 4.79 Å². The molecule has 0 saturated carbocycles. The van der Waals surface area contributed by atoms with Gasteiger partial charge >= 0.3 is 0 Å². The maximum absolute atomic E-state index is 13.0. The van der Waals surface area contributed by atoms with Gasteiger partial charge in [-0.1, -0.05) is 60.7 Å². The summed E-state index contributed by atoms with van der Waals surface area (Å²) in [7, 11) is 0. The predicted molar refractivity (Wildman–Crippen MR) is 92.3 cm³/mol. The van der Waals surface area contributed by atoms with Crippen molar-refractivity contribution in [2.24, 2.45) is 11.8 Å². The van der Waals surface area contributed by atoms with Gasteiger partial charge in [0.05, 0.1) is 6.04 Å². The number of Topliss-reactive ketones (excluding diaryl/α,β-unsaturated/α-hetero) is 1. The number of piperidine rings is 3. The average Bonchev–Trinajstić information content (AvgIpc) is 2.60. The molecule has 2 bridgehead atoms. The molecule has 3 saturated heterocycles. The quantitative estimate of drug-likeness (QED) is 0.863. The molecule has 118 valence electrons. The standard InChI is InChI=1S/C21H23NO/c23-21-19-11-12-22(20(21)14-17-9-5-2-6-10-17)15-18(19)13-16-7-3-1-4-8-16/h1-10,18-20H,11-15H2. The lowest BCUT2D eigenvalue weighted by molar-refractivity contribution is -0.141. The van der Waals surface area contributed by atoms with Crippen LogP contribution in [0.3, 0.4) is 0 Å². The number of hydrogen-bond donors (Lipinski definition) is 0. The molecule has 3 aliphatic rings. The maximum Gasteiger partial charge on any atom is 0.153 e. The molecule has 0 N–H and O–H groups in total. The fourth-order valence-electron chi connectivity index (χ4n) is 4.34. The van der Waals surface area contributed by atoms with E-state index >= 15 is 0 Å². The number of benzene rings is 2. The smallest absolute Gasteiger partial charge is 0.153 e. The van der Waals surface area contributed by atoms with Crippen LogP contribution in [-0.4, -0.2) is 29.8 Å². The van der Waals surface area contributed by atoms with Crippen molar-refractivity contribution in [3.8, 4) is 0 Å². The van der Waals surface area contributed by atoms with Crippen LogP contribution < -0.4 is 0 Å². The van der Waals surface area contributed by atoms with Gasteiger partial charge in [-0.25, -0.2) is 0 Å². The first-order valence-electron chi connectivity index (χ1n) is 8.67. The zero-order valence-corrected chi connectivity index (χ0v) is 13.4. The SMILES string of the molecule is O=C1C2CCN(CC2Cc2ccccc2)C1Cc1ccccc1. The average molecular weight is 305 g/mol. The number of carbonyl (C=O) groups excluding carboxylic acids is 1. The summed E-state index contributed by atoms with van der Waals surface area (Å²) < 4.78 is 0. The summed E-state index contributed by atoms with van der Waals surface area (Å²) in [5.41, 5.74) is 2.64. The molecule has 2 nitrogen and oxygen atoms in total. The van der Waals surface area contributed by atoms with Crippen LogP contribution in [0.5, 0.6) is 0 Å². The molecule has 4 atom stereocenters. The number of rotatable bonds is 4. The molecular weight excluding hydrogens is 282 g/mol. The second kappa shape index (κ2) is 6.29. The predicted octanol–water partition coefficient (Wildman–Crippen LogP) is 3.36. The Hall–Kier alpha value is -1.93. The second-order valence-corrected chi connectivity index (χ2v) is 6.95. The minimum absolute atomic E-state index is 0.100. The molecule has 0 amide bonds. The molecule has 2 aromatic carbocycles. The van der Waals surface area contributed by atoms with Crippen LogP contribution in [0.25, 0.3) is 0 Å². The fraction of sp³-hybridized carbons (Fsp3) is 0.381. The van der Waals surface area contributed by atoms with Gasteiger partial charge in [0.25, 0.3) is 0 Å².